The first-order valence-electron chi connectivity index (χ1n) is 4.93. The van der Waals surface area contributed by atoms with Gasteiger partial charge in [0.15, 0.2) is 0 Å². The van der Waals surface area contributed by atoms with Gasteiger partial charge in [0.05, 0.1) is 6.54 Å². The number of nitrogens with one attached hydrogen (secondary N) is 3. The molecule has 0 saturated carbocycles. The molecule has 1 rings (SSSR count). The maximum absolute atomic E-state index is 11.1. The average molecular weight is 199 g/mol. The highest BCUT2D eigenvalue weighted by Crippen LogP contribution is 2.02. The Balaban J connectivity index is 2.05. The smallest absolute Gasteiger partial charge is 0.315 e. The lowest BCUT2D eigenvalue weighted by Gasteiger charge is -2.11. The van der Waals surface area contributed by atoms with Gasteiger partial charge in [-0.25, -0.2) is 4.79 Å². The first-order chi connectivity index (χ1) is 6.68. The van der Waals surface area contributed by atoms with Crippen molar-refractivity contribution in [1.82, 2.24) is 16.0 Å². The Morgan fingerprint density at radius 1 is 1.43 bits per heavy atom. The van der Waals surface area contributed by atoms with Crippen LogP contribution in [-0.4, -0.2) is 37.5 Å². The van der Waals surface area contributed by atoms with Crippen molar-refractivity contribution < 1.29 is 9.59 Å². The predicted molar refractivity (Wildman–Crippen MR) is 53.1 cm³/mol. The van der Waals surface area contributed by atoms with Crippen LogP contribution in [0, 0.1) is 0 Å². The number of rotatable bonds is 4. The molecule has 14 heavy (non-hydrogen) atoms. The zero-order valence-corrected chi connectivity index (χ0v) is 8.43. The van der Waals surface area contributed by atoms with E-state index in [9.17, 15) is 9.59 Å². The molecule has 0 spiro atoms. The molecule has 0 aromatic heterocycles. The van der Waals surface area contributed by atoms with E-state index in [0.29, 0.717) is 12.6 Å². The van der Waals surface area contributed by atoms with Gasteiger partial charge in [0.2, 0.25) is 0 Å². The van der Waals surface area contributed by atoms with Crippen LogP contribution in [0.2, 0.25) is 0 Å². The predicted octanol–water partition coefficient (Wildman–Crippen LogP) is -0.373. The molecule has 5 heteroatoms. The van der Waals surface area contributed by atoms with Crippen LogP contribution >= 0.6 is 0 Å². The van der Waals surface area contributed by atoms with E-state index < -0.39 is 0 Å². The lowest BCUT2D eigenvalue weighted by atomic mass is 10.2. The van der Waals surface area contributed by atoms with E-state index in [-0.39, 0.29) is 18.4 Å². The molecule has 1 heterocycles. The van der Waals surface area contributed by atoms with Crippen LogP contribution < -0.4 is 16.0 Å². The summed E-state index contributed by atoms with van der Waals surface area (Å²) in [5.41, 5.74) is 0. The van der Waals surface area contributed by atoms with Gasteiger partial charge >= 0.3 is 6.03 Å². The van der Waals surface area contributed by atoms with Crippen molar-refractivity contribution in [2.45, 2.75) is 25.8 Å². The minimum atomic E-state index is -0.270. The molecule has 1 atom stereocenters. The van der Waals surface area contributed by atoms with E-state index in [0.717, 1.165) is 13.0 Å². The van der Waals surface area contributed by atoms with E-state index in [4.69, 9.17) is 0 Å². The Morgan fingerprint density at radius 3 is 2.79 bits per heavy atom. The molecule has 0 aromatic carbocycles. The molecule has 5 nitrogen and oxygen atoms in total. The third-order valence-corrected chi connectivity index (χ3v) is 2.17. The van der Waals surface area contributed by atoms with E-state index in [1.165, 1.54) is 13.3 Å². The van der Waals surface area contributed by atoms with Gasteiger partial charge in [-0.2, -0.15) is 0 Å². The monoisotopic (exact) mass is 199 g/mol. The fourth-order valence-electron chi connectivity index (χ4n) is 1.41. The number of amides is 2. The normalized spacial score (nSPS) is 20.5. The number of carbonyl (C=O) groups excluding carboxylic acids is 2. The van der Waals surface area contributed by atoms with E-state index in [1.54, 1.807) is 0 Å². The Morgan fingerprint density at radius 2 is 2.21 bits per heavy atom. The fourth-order valence-corrected chi connectivity index (χ4v) is 1.41. The molecule has 2 amide bonds. The van der Waals surface area contributed by atoms with Gasteiger partial charge in [0.1, 0.15) is 5.78 Å². The Labute approximate surface area is 83.6 Å². The number of carbonyl (C=O) groups is 2. The Hall–Kier alpha value is -1.10. The summed E-state index contributed by atoms with van der Waals surface area (Å²) in [7, 11) is 0. The van der Waals surface area contributed by atoms with Gasteiger partial charge in [-0.1, -0.05) is 0 Å². The van der Waals surface area contributed by atoms with Crippen molar-refractivity contribution >= 4 is 11.8 Å². The Kier molecular flexibility index (Phi) is 4.39. The second-order valence-electron chi connectivity index (χ2n) is 3.56. The number of urea groups is 1. The summed E-state index contributed by atoms with van der Waals surface area (Å²) >= 11 is 0. The first-order valence-corrected chi connectivity index (χ1v) is 4.93. The lowest BCUT2D eigenvalue weighted by molar-refractivity contribution is -0.116. The van der Waals surface area contributed by atoms with Crippen LogP contribution in [0.1, 0.15) is 19.8 Å². The van der Waals surface area contributed by atoms with Crippen molar-refractivity contribution in [2.75, 3.05) is 19.6 Å². The number of Topliss-reactive ketones (excluding diaryl/α,β-unsaturated/α-hetero) is 1. The highest BCUT2D eigenvalue weighted by molar-refractivity contribution is 5.83. The molecular formula is C9H17N3O2. The topological polar surface area (TPSA) is 70.2 Å². The molecule has 0 aromatic rings. The van der Waals surface area contributed by atoms with Crippen molar-refractivity contribution in [2.24, 2.45) is 0 Å². The highest BCUT2D eigenvalue weighted by atomic mass is 16.2. The SMILES string of the molecule is CC(=O)CNC(=O)NCC1CCCN1. The van der Waals surface area contributed by atoms with Crippen LogP contribution in [0.15, 0.2) is 0 Å². The van der Waals surface area contributed by atoms with Gasteiger partial charge in [-0.15, -0.1) is 0 Å². The molecule has 80 valence electrons. The molecule has 3 N–H and O–H groups in total. The molecule has 1 aliphatic heterocycles. The summed E-state index contributed by atoms with van der Waals surface area (Å²) < 4.78 is 0. The summed E-state index contributed by atoms with van der Waals surface area (Å²) in [6.45, 7) is 3.20. The summed E-state index contributed by atoms with van der Waals surface area (Å²) in [6.07, 6.45) is 2.27. The van der Waals surface area contributed by atoms with E-state index in [2.05, 4.69) is 16.0 Å². The largest absolute Gasteiger partial charge is 0.337 e. The number of ketones is 1. The van der Waals surface area contributed by atoms with Crippen molar-refractivity contribution in [1.29, 1.82) is 0 Å². The highest BCUT2D eigenvalue weighted by Gasteiger charge is 2.14. The molecule has 1 unspecified atom stereocenters. The molecule has 1 aliphatic rings. The van der Waals surface area contributed by atoms with Gasteiger partial charge in [0.25, 0.3) is 0 Å². The maximum Gasteiger partial charge on any atom is 0.315 e. The first kappa shape index (κ1) is 11.0. The average Bonchev–Trinajstić information content (AvgIpc) is 2.63. The van der Waals surface area contributed by atoms with E-state index in [1.807, 2.05) is 0 Å². The summed E-state index contributed by atoms with van der Waals surface area (Å²) in [4.78, 5) is 21.7. The van der Waals surface area contributed by atoms with Crippen molar-refractivity contribution in [3.8, 4) is 0 Å². The summed E-state index contributed by atoms with van der Waals surface area (Å²) in [6, 6.07) is 0.118. The Bertz CT molecular complexity index is 212. The van der Waals surface area contributed by atoms with Crippen LogP contribution in [0.25, 0.3) is 0 Å². The molecule has 1 fully saturated rings. The quantitative estimate of drug-likeness (QED) is 0.578. The van der Waals surface area contributed by atoms with Gasteiger partial charge in [-0.3, -0.25) is 4.79 Å². The molecule has 0 aliphatic carbocycles. The number of hydrogen-bond donors (Lipinski definition) is 3. The van der Waals surface area contributed by atoms with Gasteiger partial charge in [-0.05, 0) is 26.3 Å². The molecule has 0 radical (unpaired) electrons. The summed E-state index contributed by atoms with van der Waals surface area (Å²) in [5, 5.41) is 8.46. The van der Waals surface area contributed by atoms with Crippen LogP contribution in [0.3, 0.4) is 0 Å². The van der Waals surface area contributed by atoms with Gasteiger partial charge in [0, 0.05) is 12.6 Å². The third-order valence-electron chi connectivity index (χ3n) is 2.17. The molecule has 1 saturated heterocycles. The molecular weight excluding hydrogens is 182 g/mol. The van der Waals surface area contributed by atoms with Crippen LogP contribution in [-0.2, 0) is 4.79 Å². The number of hydrogen-bond acceptors (Lipinski definition) is 3. The summed E-state index contributed by atoms with van der Waals surface area (Å²) in [5.74, 6) is -0.0425. The van der Waals surface area contributed by atoms with E-state index >= 15 is 0 Å². The molecule has 0 bridgehead atoms. The zero-order chi connectivity index (χ0) is 10.4. The second-order valence-corrected chi connectivity index (χ2v) is 3.56. The van der Waals surface area contributed by atoms with Crippen LogP contribution in [0.4, 0.5) is 4.79 Å². The maximum atomic E-state index is 11.1. The lowest BCUT2D eigenvalue weighted by Crippen LogP contribution is -2.43. The standard InChI is InChI=1S/C9H17N3O2/c1-7(13)5-11-9(14)12-6-8-3-2-4-10-8/h8,10H,2-6H2,1H3,(H2,11,12,14). The second kappa shape index (κ2) is 5.59. The minimum absolute atomic E-state index is 0.0425. The van der Waals surface area contributed by atoms with Crippen molar-refractivity contribution in [3.63, 3.8) is 0 Å². The third kappa shape index (κ3) is 4.23. The van der Waals surface area contributed by atoms with Gasteiger partial charge < -0.3 is 16.0 Å². The zero-order valence-electron chi connectivity index (χ0n) is 8.43. The fraction of sp³-hybridized carbons (Fsp3) is 0.778. The van der Waals surface area contributed by atoms with Crippen LogP contribution in [0.5, 0.6) is 0 Å². The minimum Gasteiger partial charge on any atom is -0.337 e. The van der Waals surface area contributed by atoms with Crippen molar-refractivity contribution in [3.05, 3.63) is 0 Å².